The van der Waals surface area contributed by atoms with Crippen LogP contribution in [0.3, 0.4) is 0 Å². The number of nitrogens with zero attached hydrogens (tertiary/aromatic N) is 2. The Morgan fingerprint density at radius 3 is 2.41 bits per heavy atom. The van der Waals surface area contributed by atoms with Crippen molar-refractivity contribution in [1.29, 1.82) is 0 Å². The molecule has 150 valence electrons. The van der Waals surface area contributed by atoms with Gasteiger partial charge in [-0.3, -0.25) is 4.79 Å². The van der Waals surface area contributed by atoms with Gasteiger partial charge in [0.05, 0.1) is 5.56 Å². The van der Waals surface area contributed by atoms with Crippen molar-refractivity contribution in [3.05, 3.63) is 84.1 Å². The summed E-state index contributed by atoms with van der Waals surface area (Å²) in [7, 11) is 4.04. The van der Waals surface area contributed by atoms with Crippen molar-refractivity contribution in [2.75, 3.05) is 37.8 Å². The summed E-state index contributed by atoms with van der Waals surface area (Å²) in [5.41, 5.74) is 2.32. The first kappa shape index (κ1) is 20.4. The molecule has 6 heteroatoms. The Bertz CT molecular complexity index is 894. The standard InChI is InChI=1S/C23H26N4O2/c1-27(2)15-14-24-22-13-8-19(16-25-22)23(28)26-20-9-11-21(12-10-20)29-17-18-6-4-3-5-7-18/h3-13,16H,14-15,17H2,1-2H3,(H,24,25)(H,26,28). The van der Waals surface area contributed by atoms with Crippen molar-refractivity contribution in [2.45, 2.75) is 6.61 Å². The first-order chi connectivity index (χ1) is 14.1. The van der Waals surface area contributed by atoms with Gasteiger partial charge >= 0.3 is 0 Å². The van der Waals surface area contributed by atoms with Crippen LogP contribution in [0, 0.1) is 0 Å². The molecule has 2 N–H and O–H groups in total. The Hall–Kier alpha value is -3.38. The van der Waals surface area contributed by atoms with Crippen LogP contribution in [0.25, 0.3) is 0 Å². The second-order valence-electron chi connectivity index (χ2n) is 6.91. The van der Waals surface area contributed by atoms with Crippen molar-refractivity contribution < 1.29 is 9.53 Å². The number of likely N-dealkylation sites (N-methyl/N-ethyl adjacent to an activating group) is 1. The fourth-order valence-electron chi connectivity index (χ4n) is 2.62. The number of carbonyl (C=O) groups excluding carboxylic acids is 1. The number of pyridine rings is 1. The molecule has 0 bridgehead atoms. The van der Waals surface area contributed by atoms with Crippen LogP contribution in [0.5, 0.6) is 5.75 Å². The Kier molecular flexibility index (Phi) is 7.19. The van der Waals surface area contributed by atoms with Crippen LogP contribution >= 0.6 is 0 Å². The summed E-state index contributed by atoms with van der Waals surface area (Å²) in [6.45, 7) is 2.21. The molecule has 0 radical (unpaired) electrons. The van der Waals surface area contributed by atoms with Crippen LogP contribution in [-0.2, 0) is 6.61 Å². The number of ether oxygens (including phenoxy) is 1. The first-order valence-electron chi connectivity index (χ1n) is 9.53. The van der Waals surface area contributed by atoms with E-state index in [1.165, 1.54) is 0 Å². The maximum atomic E-state index is 12.4. The van der Waals surface area contributed by atoms with Crippen molar-refractivity contribution in [2.24, 2.45) is 0 Å². The van der Waals surface area contributed by atoms with Crippen molar-refractivity contribution in [3.8, 4) is 5.75 Å². The molecule has 1 aromatic heterocycles. The number of nitrogens with one attached hydrogen (secondary N) is 2. The molecule has 1 heterocycles. The van der Waals surface area contributed by atoms with E-state index in [2.05, 4.69) is 20.5 Å². The zero-order valence-corrected chi connectivity index (χ0v) is 16.8. The molecule has 0 aliphatic rings. The largest absolute Gasteiger partial charge is 0.489 e. The molecular formula is C23H26N4O2. The fourth-order valence-corrected chi connectivity index (χ4v) is 2.62. The number of hydrogen-bond donors (Lipinski definition) is 2. The van der Waals surface area contributed by atoms with E-state index in [0.717, 1.165) is 30.2 Å². The minimum atomic E-state index is -0.199. The molecule has 3 rings (SSSR count). The highest BCUT2D eigenvalue weighted by atomic mass is 16.5. The lowest BCUT2D eigenvalue weighted by molar-refractivity contribution is 0.102. The molecule has 0 fully saturated rings. The molecule has 0 unspecified atom stereocenters. The van der Waals surface area contributed by atoms with Gasteiger partial charge in [-0.15, -0.1) is 0 Å². The smallest absolute Gasteiger partial charge is 0.257 e. The molecule has 3 aromatic rings. The highest BCUT2D eigenvalue weighted by Gasteiger charge is 2.07. The van der Waals surface area contributed by atoms with E-state index in [1.54, 1.807) is 12.3 Å². The van der Waals surface area contributed by atoms with E-state index in [1.807, 2.05) is 74.8 Å². The normalized spacial score (nSPS) is 10.6. The van der Waals surface area contributed by atoms with Crippen LogP contribution < -0.4 is 15.4 Å². The predicted molar refractivity (Wildman–Crippen MR) is 116 cm³/mol. The third kappa shape index (κ3) is 6.62. The van der Waals surface area contributed by atoms with Crippen LogP contribution in [-0.4, -0.2) is 43.0 Å². The third-order valence-electron chi connectivity index (χ3n) is 4.25. The zero-order chi connectivity index (χ0) is 20.5. The molecule has 29 heavy (non-hydrogen) atoms. The van der Waals surface area contributed by atoms with Gasteiger partial charge in [0.2, 0.25) is 0 Å². The molecule has 0 aliphatic heterocycles. The molecule has 2 aromatic carbocycles. The van der Waals surface area contributed by atoms with Gasteiger partial charge in [-0.25, -0.2) is 4.98 Å². The topological polar surface area (TPSA) is 66.5 Å². The highest BCUT2D eigenvalue weighted by molar-refractivity contribution is 6.04. The number of aromatic nitrogens is 1. The molecule has 0 saturated heterocycles. The number of carbonyl (C=O) groups is 1. The van der Waals surface area contributed by atoms with Gasteiger partial charge in [-0.1, -0.05) is 30.3 Å². The summed E-state index contributed by atoms with van der Waals surface area (Å²) in [4.78, 5) is 18.8. The third-order valence-corrected chi connectivity index (χ3v) is 4.25. The average molecular weight is 390 g/mol. The van der Waals surface area contributed by atoms with E-state index >= 15 is 0 Å². The monoisotopic (exact) mass is 390 g/mol. The molecular weight excluding hydrogens is 364 g/mol. The zero-order valence-electron chi connectivity index (χ0n) is 16.8. The summed E-state index contributed by atoms with van der Waals surface area (Å²) in [6.07, 6.45) is 1.57. The molecule has 1 amide bonds. The maximum Gasteiger partial charge on any atom is 0.257 e. The number of amides is 1. The van der Waals surface area contributed by atoms with Crippen molar-refractivity contribution in [3.63, 3.8) is 0 Å². The Morgan fingerprint density at radius 1 is 1.00 bits per heavy atom. The Balaban J connectivity index is 1.49. The first-order valence-corrected chi connectivity index (χ1v) is 9.53. The van der Waals surface area contributed by atoms with E-state index < -0.39 is 0 Å². The molecule has 0 saturated carbocycles. The van der Waals surface area contributed by atoms with Crippen LogP contribution in [0.4, 0.5) is 11.5 Å². The van der Waals surface area contributed by atoms with Crippen LogP contribution in [0.15, 0.2) is 72.9 Å². The van der Waals surface area contributed by atoms with Crippen LogP contribution in [0.2, 0.25) is 0 Å². The summed E-state index contributed by atoms with van der Waals surface area (Å²) in [5, 5.41) is 6.10. The minimum Gasteiger partial charge on any atom is -0.489 e. The van der Waals surface area contributed by atoms with Crippen LogP contribution in [0.1, 0.15) is 15.9 Å². The number of anilines is 2. The summed E-state index contributed by atoms with van der Waals surface area (Å²) >= 11 is 0. The maximum absolute atomic E-state index is 12.4. The lowest BCUT2D eigenvalue weighted by Crippen LogP contribution is -2.21. The molecule has 6 nitrogen and oxygen atoms in total. The SMILES string of the molecule is CN(C)CCNc1ccc(C(=O)Nc2ccc(OCc3ccccc3)cc2)cn1. The summed E-state index contributed by atoms with van der Waals surface area (Å²) in [6, 6.07) is 20.9. The number of benzene rings is 2. The van der Waals surface area contributed by atoms with Gasteiger partial charge in [0.15, 0.2) is 0 Å². The minimum absolute atomic E-state index is 0.199. The van der Waals surface area contributed by atoms with E-state index in [4.69, 9.17) is 4.74 Å². The second kappa shape index (κ2) is 10.2. The van der Waals surface area contributed by atoms with Gasteiger partial charge in [0.25, 0.3) is 5.91 Å². The molecule has 0 aliphatic carbocycles. The van der Waals surface area contributed by atoms with Gasteiger partial charge in [0.1, 0.15) is 18.2 Å². The summed E-state index contributed by atoms with van der Waals surface area (Å²) < 4.78 is 5.76. The van der Waals surface area contributed by atoms with Crippen molar-refractivity contribution in [1.82, 2.24) is 9.88 Å². The van der Waals surface area contributed by atoms with Gasteiger partial charge < -0.3 is 20.3 Å². The van der Waals surface area contributed by atoms with E-state index in [9.17, 15) is 4.79 Å². The summed E-state index contributed by atoms with van der Waals surface area (Å²) in [5.74, 6) is 1.31. The van der Waals surface area contributed by atoms with Gasteiger partial charge in [-0.05, 0) is 56.1 Å². The lowest BCUT2D eigenvalue weighted by Gasteiger charge is -2.11. The average Bonchev–Trinajstić information content (AvgIpc) is 2.74. The number of rotatable bonds is 9. The molecule has 0 spiro atoms. The van der Waals surface area contributed by atoms with Gasteiger partial charge in [0, 0.05) is 25.0 Å². The quantitative estimate of drug-likeness (QED) is 0.580. The fraction of sp³-hybridized carbons (Fsp3) is 0.217. The molecule has 0 atom stereocenters. The Morgan fingerprint density at radius 2 is 1.76 bits per heavy atom. The number of hydrogen-bond acceptors (Lipinski definition) is 5. The van der Waals surface area contributed by atoms with Crippen molar-refractivity contribution >= 4 is 17.4 Å². The van der Waals surface area contributed by atoms with E-state index in [-0.39, 0.29) is 5.91 Å². The lowest BCUT2D eigenvalue weighted by atomic mass is 10.2. The Labute approximate surface area is 171 Å². The van der Waals surface area contributed by atoms with E-state index in [0.29, 0.717) is 17.9 Å². The highest BCUT2D eigenvalue weighted by Crippen LogP contribution is 2.18. The van der Waals surface area contributed by atoms with Gasteiger partial charge in [-0.2, -0.15) is 0 Å². The predicted octanol–water partition coefficient (Wildman–Crippen LogP) is 3.89. The second-order valence-corrected chi connectivity index (χ2v) is 6.91.